The maximum atomic E-state index is 13.1. The normalized spacial score (nSPS) is 11.8. The Kier molecular flexibility index (Phi) is 8.34. The molecule has 0 aliphatic rings. The van der Waals surface area contributed by atoms with Gasteiger partial charge in [0.15, 0.2) is 0 Å². The molecule has 0 aliphatic heterocycles. The van der Waals surface area contributed by atoms with Gasteiger partial charge in [-0.3, -0.25) is 9.59 Å². The summed E-state index contributed by atoms with van der Waals surface area (Å²) >= 11 is 12.1. The molecule has 0 aliphatic carbocycles. The van der Waals surface area contributed by atoms with Crippen LogP contribution in [0.2, 0.25) is 10.0 Å². The molecule has 4 nitrogen and oxygen atoms in total. The summed E-state index contributed by atoms with van der Waals surface area (Å²) in [5, 5.41) is 3.75. The molecule has 150 valence electrons. The van der Waals surface area contributed by atoms with Crippen LogP contribution in [0.1, 0.15) is 37.0 Å². The maximum absolute atomic E-state index is 13.1. The largest absolute Gasteiger partial charge is 0.354 e. The second-order valence-corrected chi connectivity index (χ2v) is 7.65. The molecule has 6 heteroatoms. The van der Waals surface area contributed by atoms with E-state index in [0.29, 0.717) is 16.6 Å². The van der Waals surface area contributed by atoms with Gasteiger partial charge in [-0.05, 0) is 49.1 Å². The fourth-order valence-corrected chi connectivity index (χ4v) is 3.21. The zero-order valence-electron chi connectivity index (χ0n) is 16.5. The van der Waals surface area contributed by atoms with Crippen molar-refractivity contribution < 1.29 is 9.59 Å². The first-order valence-corrected chi connectivity index (χ1v) is 10.1. The molecule has 0 spiro atoms. The number of benzene rings is 2. The quantitative estimate of drug-likeness (QED) is 0.667. The second-order valence-electron chi connectivity index (χ2n) is 6.84. The number of amides is 2. The number of rotatable bonds is 8. The zero-order valence-corrected chi connectivity index (χ0v) is 18.0. The molecule has 2 amide bonds. The standard InChI is InChI=1S/C22H26Cl2N2O2/c1-4-11-25-22(28)16(3)26(14-17-9-10-19(23)20(24)12-17)21(27)13-18-8-6-5-7-15(18)2/h5-10,12,16H,4,11,13-14H2,1-3H3,(H,25,28)/t16-/m1/s1. The Morgan fingerprint density at radius 3 is 2.46 bits per heavy atom. The molecule has 2 aromatic carbocycles. The molecule has 1 atom stereocenters. The fourth-order valence-electron chi connectivity index (χ4n) is 2.89. The van der Waals surface area contributed by atoms with E-state index in [1.54, 1.807) is 24.0 Å². The highest BCUT2D eigenvalue weighted by atomic mass is 35.5. The predicted octanol–water partition coefficient (Wildman–Crippen LogP) is 4.79. The van der Waals surface area contributed by atoms with E-state index in [-0.39, 0.29) is 24.8 Å². The average molecular weight is 421 g/mol. The number of aryl methyl sites for hydroxylation is 1. The predicted molar refractivity (Wildman–Crippen MR) is 115 cm³/mol. The zero-order chi connectivity index (χ0) is 20.7. The minimum Gasteiger partial charge on any atom is -0.354 e. The molecule has 2 rings (SSSR count). The third-order valence-electron chi connectivity index (χ3n) is 4.66. The third kappa shape index (κ3) is 5.98. The van der Waals surface area contributed by atoms with Crippen LogP contribution in [0.5, 0.6) is 0 Å². The SMILES string of the molecule is CCCNC(=O)[C@@H](C)N(Cc1ccc(Cl)c(Cl)c1)C(=O)Cc1ccccc1C. The van der Waals surface area contributed by atoms with Crippen molar-refractivity contribution in [2.24, 2.45) is 0 Å². The van der Waals surface area contributed by atoms with Crippen molar-refractivity contribution in [1.29, 1.82) is 0 Å². The van der Waals surface area contributed by atoms with E-state index in [1.807, 2.05) is 44.2 Å². The van der Waals surface area contributed by atoms with Crippen LogP contribution >= 0.6 is 23.2 Å². The lowest BCUT2D eigenvalue weighted by Crippen LogP contribution is -2.48. The molecular formula is C22H26Cl2N2O2. The van der Waals surface area contributed by atoms with Crippen LogP contribution in [0.25, 0.3) is 0 Å². The minimum atomic E-state index is -0.600. The Labute approximate surface area is 176 Å². The van der Waals surface area contributed by atoms with Crippen LogP contribution in [0.4, 0.5) is 0 Å². The van der Waals surface area contributed by atoms with Crippen LogP contribution in [-0.4, -0.2) is 29.3 Å². The van der Waals surface area contributed by atoms with Crippen molar-refractivity contribution in [2.45, 2.75) is 46.2 Å². The molecule has 0 aromatic heterocycles. The van der Waals surface area contributed by atoms with Gasteiger partial charge in [0.2, 0.25) is 11.8 Å². The molecule has 0 heterocycles. The van der Waals surface area contributed by atoms with E-state index in [2.05, 4.69) is 5.32 Å². The monoisotopic (exact) mass is 420 g/mol. The summed E-state index contributed by atoms with van der Waals surface area (Å²) < 4.78 is 0. The first kappa shape index (κ1) is 22.3. The minimum absolute atomic E-state index is 0.112. The van der Waals surface area contributed by atoms with Crippen molar-refractivity contribution in [3.8, 4) is 0 Å². The molecule has 0 unspecified atom stereocenters. The van der Waals surface area contributed by atoms with Crippen LogP contribution in [-0.2, 0) is 22.6 Å². The number of carbonyl (C=O) groups is 2. The molecule has 0 bridgehead atoms. The maximum Gasteiger partial charge on any atom is 0.242 e. The van der Waals surface area contributed by atoms with E-state index in [9.17, 15) is 9.59 Å². The van der Waals surface area contributed by atoms with E-state index in [0.717, 1.165) is 23.1 Å². The van der Waals surface area contributed by atoms with Gasteiger partial charge in [-0.15, -0.1) is 0 Å². The summed E-state index contributed by atoms with van der Waals surface area (Å²) in [6.07, 6.45) is 1.07. The van der Waals surface area contributed by atoms with Gasteiger partial charge in [0.25, 0.3) is 0 Å². The average Bonchev–Trinajstić information content (AvgIpc) is 2.68. The molecule has 0 radical (unpaired) electrons. The molecule has 0 saturated heterocycles. The fraction of sp³-hybridized carbons (Fsp3) is 0.364. The molecule has 28 heavy (non-hydrogen) atoms. The van der Waals surface area contributed by atoms with Gasteiger partial charge in [-0.1, -0.05) is 60.5 Å². The number of hydrogen-bond donors (Lipinski definition) is 1. The molecule has 2 aromatic rings. The van der Waals surface area contributed by atoms with Crippen LogP contribution in [0, 0.1) is 6.92 Å². The number of nitrogens with one attached hydrogen (secondary N) is 1. The Hall–Kier alpha value is -2.04. The first-order chi connectivity index (χ1) is 13.3. The number of carbonyl (C=O) groups excluding carboxylic acids is 2. The highest BCUT2D eigenvalue weighted by molar-refractivity contribution is 6.42. The van der Waals surface area contributed by atoms with Crippen molar-refractivity contribution in [3.05, 3.63) is 69.2 Å². The van der Waals surface area contributed by atoms with E-state index in [4.69, 9.17) is 23.2 Å². The van der Waals surface area contributed by atoms with Gasteiger partial charge < -0.3 is 10.2 Å². The van der Waals surface area contributed by atoms with Gasteiger partial charge in [0.05, 0.1) is 16.5 Å². The lowest BCUT2D eigenvalue weighted by Gasteiger charge is -2.29. The summed E-state index contributed by atoms with van der Waals surface area (Å²) in [6.45, 7) is 6.57. The van der Waals surface area contributed by atoms with Gasteiger partial charge in [0, 0.05) is 13.1 Å². The Bertz CT molecular complexity index is 839. The Morgan fingerprint density at radius 1 is 1.11 bits per heavy atom. The van der Waals surface area contributed by atoms with E-state index < -0.39 is 6.04 Å². The van der Waals surface area contributed by atoms with Crippen molar-refractivity contribution in [2.75, 3.05) is 6.54 Å². The Balaban J connectivity index is 2.26. The van der Waals surface area contributed by atoms with Gasteiger partial charge in [0.1, 0.15) is 6.04 Å². The van der Waals surface area contributed by atoms with Gasteiger partial charge in [-0.25, -0.2) is 0 Å². The van der Waals surface area contributed by atoms with Crippen molar-refractivity contribution in [1.82, 2.24) is 10.2 Å². The lowest BCUT2D eigenvalue weighted by molar-refractivity contribution is -0.140. The van der Waals surface area contributed by atoms with Crippen LogP contribution in [0.3, 0.4) is 0 Å². The molecule has 0 saturated carbocycles. The van der Waals surface area contributed by atoms with Crippen LogP contribution < -0.4 is 5.32 Å². The van der Waals surface area contributed by atoms with Gasteiger partial charge in [-0.2, -0.15) is 0 Å². The third-order valence-corrected chi connectivity index (χ3v) is 5.40. The van der Waals surface area contributed by atoms with E-state index in [1.165, 1.54) is 0 Å². The lowest BCUT2D eigenvalue weighted by atomic mass is 10.0. The topological polar surface area (TPSA) is 49.4 Å². The summed E-state index contributed by atoms with van der Waals surface area (Å²) in [5.74, 6) is -0.278. The summed E-state index contributed by atoms with van der Waals surface area (Å²) in [5.41, 5.74) is 2.82. The smallest absolute Gasteiger partial charge is 0.242 e. The highest BCUT2D eigenvalue weighted by Crippen LogP contribution is 2.24. The van der Waals surface area contributed by atoms with Crippen LogP contribution in [0.15, 0.2) is 42.5 Å². The number of nitrogens with zero attached hydrogens (tertiary/aromatic N) is 1. The molecule has 0 fully saturated rings. The second kappa shape index (κ2) is 10.5. The van der Waals surface area contributed by atoms with Crippen molar-refractivity contribution in [3.63, 3.8) is 0 Å². The molecular weight excluding hydrogens is 395 g/mol. The summed E-state index contributed by atoms with van der Waals surface area (Å²) in [4.78, 5) is 27.2. The highest BCUT2D eigenvalue weighted by Gasteiger charge is 2.26. The number of hydrogen-bond acceptors (Lipinski definition) is 2. The summed E-state index contributed by atoms with van der Waals surface area (Å²) in [6, 6.07) is 12.4. The van der Waals surface area contributed by atoms with Gasteiger partial charge >= 0.3 is 0 Å². The van der Waals surface area contributed by atoms with Crippen molar-refractivity contribution >= 4 is 35.0 Å². The first-order valence-electron chi connectivity index (χ1n) is 9.39. The van der Waals surface area contributed by atoms with E-state index >= 15 is 0 Å². The number of halogens is 2. The summed E-state index contributed by atoms with van der Waals surface area (Å²) in [7, 11) is 0. The Morgan fingerprint density at radius 2 is 1.82 bits per heavy atom. The molecule has 1 N–H and O–H groups in total.